The van der Waals surface area contributed by atoms with Crippen LogP contribution in [0, 0.1) is 13.8 Å². The summed E-state index contributed by atoms with van der Waals surface area (Å²) in [6.07, 6.45) is 0.750. The van der Waals surface area contributed by atoms with Crippen LogP contribution in [0.4, 0.5) is 5.69 Å². The van der Waals surface area contributed by atoms with E-state index in [1.165, 1.54) is 22.4 Å². The molecular formula is C22H25N3OS. The van der Waals surface area contributed by atoms with Crippen molar-refractivity contribution >= 4 is 28.5 Å². The van der Waals surface area contributed by atoms with E-state index in [0.29, 0.717) is 0 Å². The second kappa shape index (κ2) is 7.77. The van der Waals surface area contributed by atoms with Crippen molar-refractivity contribution in [3.63, 3.8) is 0 Å². The monoisotopic (exact) mass is 379 g/mol. The molecule has 2 aromatic carbocycles. The lowest BCUT2D eigenvalue weighted by Gasteiger charge is -2.37. The first-order valence-electron chi connectivity index (χ1n) is 9.50. The Morgan fingerprint density at radius 1 is 0.963 bits per heavy atom. The number of amidine groups is 1. The Bertz CT molecular complexity index is 854. The van der Waals surface area contributed by atoms with Crippen molar-refractivity contribution < 1.29 is 4.79 Å². The Labute approximate surface area is 165 Å². The molecule has 1 fully saturated rings. The van der Waals surface area contributed by atoms with Crippen LogP contribution in [0.1, 0.15) is 16.7 Å². The number of anilines is 1. The van der Waals surface area contributed by atoms with Crippen LogP contribution in [0.2, 0.25) is 0 Å². The van der Waals surface area contributed by atoms with Crippen molar-refractivity contribution in [2.75, 3.05) is 31.1 Å². The van der Waals surface area contributed by atoms with Gasteiger partial charge >= 0.3 is 0 Å². The second-order valence-corrected chi connectivity index (χ2v) is 8.46. The summed E-state index contributed by atoms with van der Waals surface area (Å²) in [6, 6.07) is 17.0. The highest BCUT2D eigenvalue weighted by molar-refractivity contribution is 8.15. The number of hydrogen-bond donors (Lipinski definition) is 0. The van der Waals surface area contributed by atoms with Gasteiger partial charge in [0.25, 0.3) is 5.91 Å². The van der Waals surface area contributed by atoms with Gasteiger partial charge in [-0.3, -0.25) is 4.79 Å². The fourth-order valence-corrected chi connectivity index (χ4v) is 4.80. The molecule has 27 heavy (non-hydrogen) atoms. The van der Waals surface area contributed by atoms with Gasteiger partial charge in [0.15, 0.2) is 5.17 Å². The van der Waals surface area contributed by atoms with E-state index in [1.807, 2.05) is 0 Å². The van der Waals surface area contributed by atoms with Gasteiger partial charge in [-0.15, -0.1) is 0 Å². The van der Waals surface area contributed by atoms with Crippen molar-refractivity contribution in [2.45, 2.75) is 25.5 Å². The van der Waals surface area contributed by atoms with Crippen LogP contribution in [0.3, 0.4) is 0 Å². The molecule has 2 aliphatic rings. The van der Waals surface area contributed by atoms with E-state index in [2.05, 4.69) is 77.2 Å². The van der Waals surface area contributed by atoms with Crippen molar-refractivity contribution in [2.24, 2.45) is 4.99 Å². The SMILES string of the molecule is Cc1ccc(CC2SC(N3CCN(c4ccccc4C)CC3)=NC2=O)cc1. The summed E-state index contributed by atoms with van der Waals surface area (Å²) in [5.74, 6) is 0.0110. The molecule has 1 saturated heterocycles. The van der Waals surface area contributed by atoms with E-state index in [0.717, 1.165) is 37.8 Å². The normalized spacial score (nSPS) is 20.1. The van der Waals surface area contributed by atoms with Crippen LogP contribution >= 0.6 is 11.8 Å². The van der Waals surface area contributed by atoms with Gasteiger partial charge in [-0.25, -0.2) is 0 Å². The number of aryl methyl sites for hydroxylation is 2. The van der Waals surface area contributed by atoms with Gasteiger partial charge in [-0.05, 0) is 37.5 Å². The molecule has 0 aliphatic carbocycles. The largest absolute Gasteiger partial charge is 0.368 e. The molecule has 0 saturated carbocycles. The standard InChI is InChI=1S/C22H25N3OS/c1-16-7-9-18(10-8-16)15-20-21(26)23-22(27-20)25-13-11-24(12-14-25)19-6-4-3-5-17(19)2/h3-10,20H,11-15H2,1-2H3. The van der Waals surface area contributed by atoms with Gasteiger partial charge in [-0.2, -0.15) is 4.99 Å². The topological polar surface area (TPSA) is 35.9 Å². The lowest BCUT2D eigenvalue weighted by molar-refractivity contribution is -0.117. The van der Waals surface area contributed by atoms with Gasteiger partial charge in [-0.1, -0.05) is 59.8 Å². The number of carbonyl (C=O) groups is 1. The average Bonchev–Trinajstić information content (AvgIpc) is 3.05. The first kappa shape index (κ1) is 18.1. The minimum Gasteiger partial charge on any atom is -0.368 e. The Balaban J connectivity index is 1.35. The Morgan fingerprint density at radius 2 is 1.63 bits per heavy atom. The predicted octanol–water partition coefficient (Wildman–Crippen LogP) is 3.67. The highest BCUT2D eigenvalue weighted by atomic mass is 32.2. The smallest absolute Gasteiger partial charge is 0.262 e. The van der Waals surface area contributed by atoms with Crippen LogP contribution < -0.4 is 4.90 Å². The molecule has 2 aliphatic heterocycles. The zero-order valence-corrected chi connectivity index (χ0v) is 16.7. The number of carbonyl (C=O) groups excluding carboxylic acids is 1. The van der Waals surface area contributed by atoms with Crippen LogP contribution in [0.15, 0.2) is 53.5 Å². The minimum absolute atomic E-state index is 0.0110. The first-order valence-corrected chi connectivity index (χ1v) is 10.4. The number of piperazine rings is 1. The zero-order valence-electron chi connectivity index (χ0n) is 15.9. The molecular weight excluding hydrogens is 354 g/mol. The number of nitrogens with zero attached hydrogens (tertiary/aromatic N) is 3. The summed E-state index contributed by atoms with van der Waals surface area (Å²) in [6.45, 7) is 7.97. The lowest BCUT2D eigenvalue weighted by atomic mass is 10.1. The molecule has 4 nitrogen and oxygen atoms in total. The summed E-state index contributed by atoms with van der Waals surface area (Å²) < 4.78 is 0. The molecule has 2 heterocycles. The molecule has 1 unspecified atom stereocenters. The third-order valence-electron chi connectivity index (χ3n) is 5.28. The van der Waals surface area contributed by atoms with Crippen LogP contribution in [-0.2, 0) is 11.2 Å². The van der Waals surface area contributed by atoms with Crippen LogP contribution in [0.5, 0.6) is 0 Å². The molecule has 2 aromatic rings. The lowest BCUT2D eigenvalue weighted by Crippen LogP contribution is -2.48. The molecule has 5 heteroatoms. The van der Waals surface area contributed by atoms with Gasteiger partial charge in [0, 0.05) is 31.9 Å². The fourth-order valence-electron chi connectivity index (χ4n) is 3.64. The number of rotatable bonds is 3. The Morgan fingerprint density at radius 3 is 2.33 bits per heavy atom. The third kappa shape index (κ3) is 4.03. The van der Waals surface area contributed by atoms with E-state index in [-0.39, 0.29) is 11.2 Å². The molecule has 4 rings (SSSR count). The number of hydrogen-bond acceptors (Lipinski definition) is 4. The van der Waals surface area contributed by atoms with Gasteiger partial charge < -0.3 is 9.80 Å². The van der Waals surface area contributed by atoms with Gasteiger partial charge in [0.1, 0.15) is 0 Å². The fraction of sp³-hybridized carbons (Fsp3) is 0.364. The molecule has 0 aromatic heterocycles. The zero-order chi connectivity index (χ0) is 18.8. The third-order valence-corrected chi connectivity index (χ3v) is 6.49. The summed E-state index contributed by atoms with van der Waals surface area (Å²) >= 11 is 1.63. The minimum atomic E-state index is -0.0860. The van der Waals surface area contributed by atoms with Crippen LogP contribution in [-0.4, -0.2) is 47.4 Å². The van der Waals surface area contributed by atoms with Gasteiger partial charge in [0.05, 0.1) is 5.25 Å². The maximum absolute atomic E-state index is 12.4. The molecule has 140 valence electrons. The van der Waals surface area contributed by atoms with E-state index in [9.17, 15) is 4.79 Å². The predicted molar refractivity (Wildman–Crippen MR) is 114 cm³/mol. The Kier molecular flexibility index (Phi) is 5.21. The Hall–Kier alpha value is -2.27. The molecule has 0 spiro atoms. The highest BCUT2D eigenvalue weighted by Crippen LogP contribution is 2.29. The maximum atomic E-state index is 12.4. The molecule has 0 bridgehead atoms. The summed E-state index contributed by atoms with van der Waals surface area (Å²) in [7, 11) is 0. The molecule has 0 N–H and O–H groups in total. The van der Waals surface area contributed by atoms with Gasteiger partial charge in [0.2, 0.25) is 0 Å². The average molecular weight is 380 g/mol. The number of amides is 1. The number of benzene rings is 2. The summed E-state index contributed by atoms with van der Waals surface area (Å²) in [4.78, 5) is 21.5. The molecule has 1 amide bonds. The highest BCUT2D eigenvalue weighted by Gasteiger charge is 2.32. The van der Waals surface area contributed by atoms with Crippen molar-refractivity contribution in [1.29, 1.82) is 0 Å². The van der Waals surface area contributed by atoms with Crippen molar-refractivity contribution in [3.8, 4) is 0 Å². The molecule has 0 radical (unpaired) electrons. The van der Waals surface area contributed by atoms with E-state index in [1.54, 1.807) is 11.8 Å². The van der Waals surface area contributed by atoms with E-state index >= 15 is 0 Å². The van der Waals surface area contributed by atoms with Crippen molar-refractivity contribution in [1.82, 2.24) is 4.90 Å². The van der Waals surface area contributed by atoms with E-state index < -0.39 is 0 Å². The summed E-state index contributed by atoms with van der Waals surface area (Å²) in [5.41, 5.74) is 5.07. The maximum Gasteiger partial charge on any atom is 0.262 e. The molecule has 1 atom stereocenters. The quantitative estimate of drug-likeness (QED) is 0.815. The first-order chi connectivity index (χ1) is 13.1. The number of aliphatic imine (C=N–C) groups is 1. The summed E-state index contributed by atoms with van der Waals surface area (Å²) in [5, 5.41) is 0.818. The second-order valence-electron chi connectivity index (χ2n) is 7.29. The number of thioether (sulfide) groups is 1. The number of para-hydroxylation sites is 1. The van der Waals surface area contributed by atoms with Crippen LogP contribution in [0.25, 0.3) is 0 Å². The van der Waals surface area contributed by atoms with E-state index in [4.69, 9.17) is 0 Å². The van der Waals surface area contributed by atoms with Crippen molar-refractivity contribution in [3.05, 3.63) is 65.2 Å².